The molecule has 0 aliphatic carbocycles. The first-order chi connectivity index (χ1) is 13.7. The highest BCUT2D eigenvalue weighted by atomic mass is 35.5. The van der Waals surface area contributed by atoms with Crippen molar-refractivity contribution in [1.29, 1.82) is 0 Å². The molecule has 0 heterocycles. The van der Waals surface area contributed by atoms with Crippen molar-refractivity contribution in [3.05, 3.63) is 53.1 Å². The molecule has 2 rings (SSSR count). The molecule has 0 bridgehead atoms. The van der Waals surface area contributed by atoms with Gasteiger partial charge < -0.3 is 14.8 Å². The Morgan fingerprint density at radius 3 is 2.41 bits per heavy atom. The van der Waals surface area contributed by atoms with Crippen LogP contribution in [0.4, 0.5) is 5.69 Å². The van der Waals surface area contributed by atoms with Gasteiger partial charge in [0.15, 0.2) is 0 Å². The van der Waals surface area contributed by atoms with Gasteiger partial charge in [-0.15, -0.1) is 0 Å². The van der Waals surface area contributed by atoms with E-state index >= 15 is 0 Å². The van der Waals surface area contributed by atoms with Crippen LogP contribution < -0.4 is 19.1 Å². The van der Waals surface area contributed by atoms with Gasteiger partial charge >= 0.3 is 0 Å². The first-order valence-electron chi connectivity index (χ1n) is 8.99. The molecule has 0 aromatic heterocycles. The number of benzene rings is 2. The van der Waals surface area contributed by atoms with Gasteiger partial charge in [0.1, 0.15) is 18.0 Å². The number of hydrogen-bond acceptors (Lipinski definition) is 5. The van der Waals surface area contributed by atoms with E-state index in [-0.39, 0.29) is 11.7 Å². The molecule has 0 fully saturated rings. The molecule has 1 unspecified atom stereocenters. The van der Waals surface area contributed by atoms with Gasteiger partial charge in [0.25, 0.3) is 0 Å². The van der Waals surface area contributed by atoms with E-state index in [0.717, 1.165) is 21.9 Å². The van der Waals surface area contributed by atoms with Crippen molar-refractivity contribution in [1.82, 2.24) is 5.32 Å². The number of ether oxygens (including phenoxy) is 2. The van der Waals surface area contributed by atoms with Crippen LogP contribution in [0.5, 0.6) is 11.5 Å². The Labute approximate surface area is 176 Å². The lowest BCUT2D eigenvalue weighted by molar-refractivity contribution is -0.120. The Balaban J connectivity index is 2.18. The van der Waals surface area contributed by atoms with E-state index in [4.69, 9.17) is 21.1 Å². The van der Waals surface area contributed by atoms with Gasteiger partial charge in [0.05, 0.1) is 31.7 Å². The normalized spacial score (nSPS) is 12.2. The summed E-state index contributed by atoms with van der Waals surface area (Å²) >= 11 is 6.02. The van der Waals surface area contributed by atoms with Gasteiger partial charge in [-0.3, -0.25) is 9.10 Å². The summed E-state index contributed by atoms with van der Waals surface area (Å²) < 4.78 is 36.3. The highest BCUT2D eigenvalue weighted by Crippen LogP contribution is 2.32. The SMILES string of the molecule is CCOc1ccc(C(C)NC(=O)CN(c2cc(Cl)ccc2OC)S(C)(=O)=O)cc1. The molecule has 0 saturated carbocycles. The van der Waals surface area contributed by atoms with Crippen LogP contribution in [0.1, 0.15) is 25.5 Å². The average molecular weight is 441 g/mol. The molecule has 2 aromatic rings. The molecular formula is C20H25ClN2O5S. The van der Waals surface area contributed by atoms with Crippen molar-refractivity contribution in [3.8, 4) is 11.5 Å². The van der Waals surface area contributed by atoms with Crippen LogP contribution in [-0.2, 0) is 14.8 Å². The van der Waals surface area contributed by atoms with Gasteiger partial charge in [-0.2, -0.15) is 0 Å². The first kappa shape index (κ1) is 22.8. The summed E-state index contributed by atoms with van der Waals surface area (Å²) in [6, 6.07) is 11.6. The van der Waals surface area contributed by atoms with Gasteiger partial charge in [0.2, 0.25) is 15.9 Å². The molecule has 7 nitrogen and oxygen atoms in total. The first-order valence-corrected chi connectivity index (χ1v) is 11.2. The van der Waals surface area contributed by atoms with Crippen LogP contribution >= 0.6 is 11.6 Å². The van der Waals surface area contributed by atoms with E-state index in [1.54, 1.807) is 12.1 Å². The zero-order valence-electron chi connectivity index (χ0n) is 16.8. The third-order valence-electron chi connectivity index (χ3n) is 4.17. The summed E-state index contributed by atoms with van der Waals surface area (Å²) in [4.78, 5) is 12.6. The van der Waals surface area contributed by atoms with Crippen LogP contribution in [0.2, 0.25) is 5.02 Å². The van der Waals surface area contributed by atoms with E-state index in [0.29, 0.717) is 17.4 Å². The number of amides is 1. The summed E-state index contributed by atoms with van der Waals surface area (Å²) in [5, 5.41) is 3.14. The molecule has 0 aliphatic heterocycles. The van der Waals surface area contributed by atoms with E-state index in [1.165, 1.54) is 13.2 Å². The Morgan fingerprint density at radius 2 is 1.86 bits per heavy atom. The van der Waals surface area contributed by atoms with Crippen molar-refractivity contribution in [2.45, 2.75) is 19.9 Å². The quantitative estimate of drug-likeness (QED) is 0.646. The molecule has 0 radical (unpaired) electrons. The Bertz CT molecular complexity index is 948. The number of carbonyl (C=O) groups excluding carboxylic acids is 1. The number of rotatable bonds is 9. The fourth-order valence-corrected chi connectivity index (χ4v) is 3.78. The fraction of sp³-hybridized carbons (Fsp3) is 0.350. The molecule has 1 atom stereocenters. The Morgan fingerprint density at radius 1 is 1.21 bits per heavy atom. The second-order valence-electron chi connectivity index (χ2n) is 6.38. The van der Waals surface area contributed by atoms with Gasteiger partial charge in [-0.1, -0.05) is 23.7 Å². The lowest BCUT2D eigenvalue weighted by Crippen LogP contribution is -2.41. The standard InChI is InChI=1S/C20H25ClN2O5S/c1-5-28-17-9-6-15(7-10-17)14(2)22-20(24)13-23(29(4,25)26)18-12-16(21)8-11-19(18)27-3/h6-12,14H,5,13H2,1-4H3,(H,22,24). The summed E-state index contributed by atoms with van der Waals surface area (Å²) in [5.41, 5.74) is 1.07. The Hall–Kier alpha value is -2.45. The maximum atomic E-state index is 12.6. The van der Waals surface area contributed by atoms with Crippen molar-refractivity contribution < 1.29 is 22.7 Å². The molecule has 2 aromatic carbocycles. The zero-order valence-corrected chi connectivity index (χ0v) is 18.4. The van der Waals surface area contributed by atoms with Crippen LogP contribution in [0.15, 0.2) is 42.5 Å². The van der Waals surface area contributed by atoms with Crippen molar-refractivity contribution in [3.63, 3.8) is 0 Å². The van der Waals surface area contributed by atoms with Crippen molar-refractivity contribution in [2.24, 2.45) is 0 Å². The average Bonchev–Trinajstić information content (AvgIpc) is 2.66. The molecule has 1 N–H and O–H groups in total. The Kier molecular flexibility index (Phi) is 7.75. The van der Waals surface area contributed by atoms with Gasteiger partial charge in [-0.25, -0.2) is 8.42 Å². The third kappa shape index (κ3) is 6.27. The second-order valence-corrected chi connectivity index (χ2v) is 8.72. The molecule has 9 heteroatoms. The number of anilines is 1. The highest BCUT2D eigenvalue weighted by Gasteiger charge is 2.25. The fourth-order valence-electron chi connectivity index (χ4n) is 2.76. The number of nitrogens with zero attached hydrogens (tertiary/aromatic N) is 1. The minimum absolute atomic E-state index is 0.200. The number of carbonyl (C=O) groups is 1. The number of methoxy groups -OCH3 is 1. The summed E-state index contributed by atoms with van der Waals surface area (Å²) in [5.74, 6) is 0.581. The molecule has 0 saturated heterocycles. The lowest BCUT2D eigenvalue weighted by Gasteiger charge is -2.25. The summed E-state index contributed by atoms with van der Waals surface area (Å²) in [7, 11) is -2.34. The third-order valence-corrected chi connectivity index (χ3v) is 5.53. The number of halogens is 1. The molecule has 0 aliphatic rings. The van der Waals surface area contributed by atoms with Gasteiger partial charge in [-0.05, 0) is 49.7 Å². The monoisotopic (exact) mass is 440 g/mol. The minimum Gasteiger partial charge on any atom is -0.495 e. The van der Waals surface area contributed by atoms with E-state index in [9.17, 15) is 13.2 Å². The second kappa shape index (κ2) is 9.84. The summed E-state index contributed by atoms with van der Waals surface area (Å²) in [6.45, 7) is 3.88. The zero-order chi connectivity index (χ0) is 21.6. The molecule has 29 heavy (non-hydrogen) atoms. The van der Waals surface area contributed by atoms with E-state index < -0.39 is 22.5 Å². The number of nitrogens with one attached hydrogen (secondary N) is 1. The smallest absolute Gasteiger partial charge is 0.241 e. The predicted molar refractivity (Wildman–Crippen MR) is 114 cm³/mol. The van der Waals surface area contributed by atoms with E-state index in [2.05, 4.69) is 5.32 Å². The van der Waals surface area contributed by atoms with Crippen LogP contribution in [0.3, 0.4) is 0 Å². The van der Waals surface area contributed by atoms with E-state index in [1.807, 2.05) is 38.1 Å². The number of hydrogen-bond donors (Lipinski definition) is 1. The number of sulfonamides is 1. The lowest BCUT2D eigenvalue weighted by atomic mass is 10.1. The maximum Gasteiger partial charge on any atom is 0.241 e. The maximum absolute atomic E-state index is 12.6. The largest absolute Gasteiger partial charge is 0.495 e. The summed E-state index contributed by atoms with van der Waals surface area (Å²) in [6.07, 6.45) is 1.02. The molecule has 1 amide bonds. The molecule has 158 valence electrons. The van der Waals surface area contributed by atoms with Crippen LogP contribution in [-0.4, -0.2) is 40.8 Å². The minimum atomic E-state index is -3.76. The van der Waals surface area contributed by atoms with Crippen LogP contribution in [0, 0.1) is 0 Å². The molecule has 0 spiro atoms. The van der Waals surface area contributed by atoms with Crippen molar-refractivity contribution in [2.75, 3.05) is 30.8 Å². The van der Waals surface area contributed by atoms with Gasteiger partial charge in [0, 0.05) is 5.02 Å². The van der Waals surface area contributed by atoms with Crippen molar-refractivity contribution >= 4 is 33.2 Å². The highest BCUT2D eigenvalue weighted by molar-refractivity contribution is 7.92. The topological polar surface area (TPSA) is 84.9 Å². The molecular weight excluding hydrogens is 416 g/mol. The van der Waals surface area contributed by atoms with Crippen LogP contribution in [0.25, 0.3) is 0 Å². The predicted octanol–water partition coefficient (Wildman–Crippen LogP) is 3.39.